The summed E-state index contributed by atoms with van der Waals surface area (Å²) in [4.78, 5) is 0. The van der Waals surface area contributed by atoms with Gasteiger partial charge in [-0.15, -0.1) is 0 Å². The Labute approximate surface area is 204 Å². The summed E-state index contributed by atoms with van der Waals surface area (Å²) < 4.78 is 11.5. The standard InChI is InChI=1S/C32H25N2O/c1-21-18-22(2)32(35-30-16-9-10-23-20-33-17-8-7-15-28(33)31(23)30)29(19-21)34-26-13-5-3-11-24(26)25-12-4-6-14-27(25)34/h3-19H,20H2,1-2H3/q+1. The van der Waals surface area contributed by atoms with Crippen LogP contribution in [0.5, 0.6) is 11.5 Å². The van der Waals surface area contributed by atoms with Gasteiger partial charge in [0.25, 0.3) is 0 Å². The van der Waals surface area contributed by atoms with Crippen molar-refractivity contribution in [3.8, 4) is 28.4 Å². The third-order valence-corrected chi connectivity index (χ3v) is 7.08. The Bertz CT molecular complexity index is 1720. The van der Waals surface area contributed by atoms with E-state index in [1.165, 1.54) is 44.2 Å². The van der Waals surface area contributed by atoms with E-state index in [1.54, 1.807) is 0 Å². The third-order valence-electron chi connectivity index (χ3n) is 7.08. The van der Waals surface area contributed by atoms with Crippen LogP contribution in [-0.2, 0) is 6.54 Å². The van der Waals surface area contributed by atoms with Crippen molar-refractivity contribution in [2.75, 3.05) is 0 Å². The molecule has 0 saturated carbocycles. The number of fused-ring (bicyclic) bond motifs is 6. The van der Waals surface area contributed by atoms with Crippen LogP contribution in [0, 0.1) is 13.8 Å². The molecule has 0 amide bonds. The third kappa shape index (κ3) is 3.01. The van der Waals surface area contributed by atoms with Crippen LogP contribution in [0.1, 0.15) is 16.7 Å². The molecule has 1 aliphatic heterocycles. The largest absolute Gasteiger partial charge is 0.454 e. The van der Waals surface area contributed by atoms with Crippen LogP contribution in [0.15, 0.2) is 103 Å². The van der Waals surface area contributed by atoms with Crippen LogP contribution < -0.4 is 9.30 Å². The zero-order chi connectivity index (χ0) is 23.5. The number of rotatable bonds is 3. The normalized spacial score (nSPS) is 12.2. The van der Waals surface area contributed by atoms with Crippen molar-refractivity contribution >= 4 is 21.8 Å². The average molecular weight is 454 g/mol. The average Bonchev–Trinajstić information content (AvgIpc) is 3.42. The minimum Gasteiger partial charge on any atom is -0.454 e. The molecule has 0 spiro atoms. The van der Waals surface area contributed by atoms with Crippen LogP contribution in [0.2, 0.25) is 0 Å². The molecule has 0 atom stereocenters. The summed E-state index contributed by atoms with van der Waals surface area (Å²) >= 11 is 0. The first-order chi connectivity index (χ1) is 17.2. The zero-order valence-electron chi connectivity index (χ0n) is 19.8. The second-order valence-corrected chi connectivity index (χ2v) is 9.41. The molecule has 0 bridgehead atoms. The predicted octanol–water partition coefficient (Wildman–Crippen LogP) is 7.51. The van der Waals surface area contributed by atoms with E-state index in [0.717, 1.165) is 29.3 Å². The summed E-state index contributed by atoms with van der Waals surface area (Å²) in [6.45, 7) is 5.17. The second kappa shape index (κ2) is 7.57. The highest BCUT2D eigenvalue weighted by Crippen LogP contribution is 2.42. The minimum atomic E-state index is 0.870. The Morgan fingerprint density at radius 3 is 2.23 bits per heavy atom. The van der Waals surface area contributed by atoms with Gasteiger partial charge in [0.05, 0.1) is 22.3 Å². The van der Waals surface area contributed by atoms with Gasteiger partial charge in [0.2, 0.25) is 5.69 Å². The van der Waals surface area contributed by atoms with E-state index in [9.17, 15) is 0 Å². The van der Waals surface area contributed by atoms with Gasteiger partial charge in [0.15, 0.2) is 18.5 Å². The van der Waals surface area contributed by atoms with Gasteiger partial charge in [-0.1, -0.05) is 54.6 Å². The molecular weight excluding hydrogens is 428 g/mol. The summed E-state index contributed by atoms with van der Waals surface area (Å²) in [7, 11) is 0. The van der Waals surface area contributed by atoms with Crippen LogP contribution in [-0.4, -0.2) is 4.57 Å². The number of hydrogen-bond acceptors (Lipinski definition) is 1. The van der Waals surface area contributed by atoms with E-state index in [0.29, 0.717) is 0 Å². The van der Waals surface area contributed by atoms with Gasteiger partial charge in [-0.05, 0) is 55.3 Å². The number of aryl methyl sites for hydroxylation is 2. The van der Waals surface area contributed by atoms with Gasteiger partial charge in [-0.25, -0.2) is 0 Å². The molecule has 7 rings (SSSR count). The highest BCUT2D eigenvalue weighted by atomic mass is 16.5. The van der Waals surface area contributed by atoms with E-state index in [-0.39, 0.29) is 0 Å². The molecule has 35 heavy (non-hydrogen) atoms. The fourth-order valence-electron chi connectivity index (χ4n) is 5.63. The molecule has 3 heterocycles. The van der Waals surface area contributed by atoms with Gasteiger partial charge in [0, 0.05) is 28.5 Å². The number of aromatic nitrogens is 2. The van der Waals surface area contributed by atoms with Gasteiger partial charge < -0.3 is 9.30 Å². The first-order valence-corrected chi connectivity index (χ1v) is 12.1. The summed E-state index contributed by atoms with van der Waals surface area (Å²) in [5.41, 5.74) is 9.44. The summed E-state index contributed by atoms with van der Waals surface area (Å²) in [5.74, 6) is 1.79. The van der Waals surface area contributed by atoms with Crippen molar-refractivity contribution in [3.05, 3.63) is 120 Å². The molecule has 2 aromatic heterocycles. The number of ether oxygens (including phenoxy) is 1. The van der Waals surface area contributed by atoms with Crippen LogP contribution in [0.25, 0.3) is 38.8 Å². The Balaban J connectivity index is 1.49. The fraction of sp³-hybridized carbons (Fsp3) is 0.0938. The minimum absolute atomic E-state index is 0.870. The van der Waals surface area contributed by atoms with Gasteiger partial charge in [-0.3, -0.25) is 0 Å². The first-order valence-electron chi connectivity index (χ1n) is 12.1. The summed E-state index contributed by atoms with van der Waals surface area (Å²) in [6, 6.07) is 34.4. The maximum absolute atomic E-state index is 6.88. The molecular formula is C32H25N2O+. The van der Waals surface area contributed by atoms with Crippen molar-refractivity contribution in [1.29, 1.82) is 0 Å². The fourth-order valence-corrected chi connectivity index (χ4v) is 5.63. The lowest BCUT2D eigenvalue weighted by molar-refractivity contribution is -0.672. The van der Waals surface area contributed by atoms with Crippen molar-refractivity contribution in [2.24, 2.45) is 0 Å². The van der Waals surface area contributed by atoms with E-state index >= 15 is 0 Å². The number of hydrogen-bond donors (Lipinski definition) is 0. The van der Waals surface area contributed by atoms with Crippen LogP contribution in [0.4, 0.5) is 0 Å². The number of benzene rings is 4. The Kier molecular flexibility index (Phi) is 4.34. The molecule has 0 radical (unpaired) electrons. The topological polar surface area (TPSA) is 18.0 Å². The molecule has 1 aliphatic rings. The molecule has 0 fully saturated rings. The zero-order valence-corrected chi connectivity index (χ0v) is 19.8. The lowest BCUT2D eigenvalue weighted by atomic mass is 10.1. The second-order valence-electron chi connectivity index (χ2n) is 9.41. The summed E-state index contributed by atoms with van der Waals surface area (Å²) in [5, 5.41) is 2.50. The first kappa shape index (κ1) is 20.0. The molecule has 0 saturated heterocycles. The van der Waals surface area contributed by atoms with Gasteiger partial charge in [-0.2, -0.15) is 4.57 Å². The molecule has 4 aromatic carbocycles. The predicted molar refractivity (Wildman–Crippen MR) is 142 cm³/mol. The van der Waals surface area contributed by atoms with Gasteiger partial charge >= 0.3 is 0 Å². The van der Waals surface area contributed by atoms with Gasteiger partial charge in [0.1, 0.15) is 5.75 Å². The Hall–Kier alpha value is -4.37. The SMILES string of the molecule is Cc1cc(C)c(Oc2cccc3c2-c2cccc[n+]2C3)c(-n2c3ccccc3c3ccccc32)c1. The van der Waals surface area contributed by atoms with Crippen molar-refractivity contribution in [1.82, 2.24) is 4.57 Å². The number of para-hydroxylation sites is 2. The molecule has 0 N–H and O–H groups in total. The highest BCUT2D eigenvalue weighted by Gasteiger charge is 2.29. The van der Waals surface area contributed by atoms with E-state index in [1.807, 2.05) is 0 Å². The van der Waals surface area contributed by atoms with E-state index in [4.69, 9.17) is 4.74 Å². The Morgan fingerprint density at radius 2 is 1.46 bits per heavy atom. The molecule has 0 unspecified atom stereocenters. The van der Waals surface area contributed by atoms with Crippen molar-refractivity contribution < 1.29 is 9.30 Å². The van der Waals surface area contributed by atoms with Crippen LogP contribution >= 0.6 is 0 Å². The highest BCUT2D eigenvalue weighted by molar-refractivity contribution is 6.09. The lowest BCUT2D eigenvalue weighted by Gasteiger charge is -2.18. The van der Waals surface area contributed by atoms with E-state index in [2.05, 4.69) is 126 Å². The molecule has 168 valence electrons. The van der Waals surface area contributed by atoms with Crippen molar-refractivity contribution in [3.63, 3.8) is 0 Å². The molecule has 3 heteroatoms. The molecule has 3 nitrogen and oxygen atoms in total. The van der Waals surface area contributed by atoms with E-state index < -0.39 is 0 Å². The number of nitrogens with zero attached hydrogens (tertiary/aromatic N) is 2. The Morgan fingerprint density at radius 1 is 0.743 bits per heavy atom. The molecule has 0 aliphatic carbocycles. The number of pyridine rings is 1. The molecule has 6 aromatic rings. The van der Waals surface area contributed by atoms with Crippen LogP contribution in [0.3, 0.4) is 0 Å². The maximum Gasteiger partial charge on any atom is 0.217 e. The van der Waals surface area contributed by atoms with Crippen molar-refractivity contribution in [2.45, 2.75) is 20.4 Å². The lowest BCUT2D eigenvalue weighted by Crippen LogP contribution is -2.31. The smallest absolute Gasteiger partial charge is 0.217 e. The monoisotopic (exact) mass is 453 g/mol. The maximum atomic E-state index is 6.88. The summed E-state index contributed by atoms with van der Waals surface area (Å²) in [6.07, 6.45) is 2.14. The quantitative estimate of drug-likeness (QED) is 0.253.